The number of aromatic amines is 1. The monoisotopic (exact) mass is 332 g/mol. The van der Waals surface area contributed by atoms with Crippen LogP contribution in [0.25, 0.3) is 0 Å². The molecule has 0 aliphatic rings. The summed E-state index contributed by atoms with van der Waals surface area (Å²) in [6.07, 6.45) is 1.47. The first-order valence-electron chi connectivity index (χ1n) is 6.81. The predicted molar refractivity (Wildman–Crippen MR) is 86.3 cm³/mol. The van der Waals surface area contributed by atoms with Crippen LogP contribution in [0.5, 0.6) is 11.5 Å². The molecule has 0 saturated heterocycles. The third-order valence-electron chi connectivity index (χ3n) is 2.80. The largest absolute Gasteiger partial charge is 0.493 e. The lowest BCUT2D eigenvalue weighted by molar-refractivity contribution is -0.119. The van der Waals surface area contributed by atoms with Crippen LogP contribution >= 0.6 is 0 Å². The topological polar surface area (TPSA) is 145 Å². The van der Waals surface area contributed by atoms with Gasteiger partial charge in [-0.3, -0.25) is 14.6 Å². The van der Waals surface area contributed by atoms with Crippen molar-refractivity contribution in [3.63, 3.8) is 0 Å². The van der Waals surface area contributed by atoms with Crippen molar-refractivity contribution in [2.45, 2.75) is 6.92 Å². The molecule has 0 spiro atoms. The van der Waals surface area contributed by atoms with E-state index in [-0.39, 0.29) is 23.8 Å². The molecule has 2 aromatic rings. The Morgan fingerprint density at radius 3 is 2.88 bits per heavy atom. The number of anilines is 1. The number of carbonyl (C=O) groups excluding carboxylic acids is 1. The molecular formula is C14H16N6O4. The second-order valence-electron chi connectivity index (χ2n) is 4.62. The van der Waals surface area contributed by atoms with E-state index < -0.39 is 5.91 Å². The summed E-state index contributed by atoms with van der Waals surface area (Å²) in [4.78, 5) is 24.7. The van der Waals surface area contributed by atoms with Crippen LogP contribution in [0.15, 0.2) is 28.1 Å². The molecule has 0 aliphatic heterocycles. The summed E-state index contributed by atoms with van der Waals surface area (Å²) in [5.41, 5.74) is 8.17. The van der Waals surface area contributed by atoms with E-state index in [0.29, 0.717) is 17.1 Å². The Morgan fingerprint density at radius 1 is 1.42 bits per heavy atom. The highest BCUT2D eigenvalue weighted by Crippen LogP contribution is 2.27. The van der Waals surface area contributed by atoms with Gasteiger partial charge in [0.1, 0.15) is 5.69 Å². The molecule has 24 heavy (non-hydrogen) atoms. The van der Waals surface area contributed by atoms with E-state index in [1.807, 2.05) is 0 Å². The fourth-order valence-electron chi connectivity index (χ4n) is 1.65. The number of carbonyl (C=O) groups is 1. The average Bonchev–Trinajstić information content (AvgIpc) is 2.56. The van der Waals surface area contributed by atoms with Crippen LogP contribution in [0.4, 0.5) is 5.95 Å². The highest BCUT2D eigenvalue weighted by molar-refractivity contribution is 5.81. The van der Waals surface area contributed by atoms with Crippen molar-refractivity contribution in [3.8, 4) is 11.5 Å². The van der Waals surface area contributed by atoms with Gasteiger partial charge in [0.2, 0.25) is 5.95 Å². The highest BCUT2D eigenvalue weighted by Gasteiger charge is 2.06. The zero-order valence-electron chi connectivity index (χ0n) is 13.1. The highest BCUT2D eigenvalue weighted by atomic mass is 16.5. The zero-order valence-corrected chi connectivity index (χ0v) is 13.1. The normalized spacial score (nSPS) is 10.6. The van der Waals surface area contributed by atoms with Gasteiger partial charge in [0.05, 0.1) is 13.3 Å². The Hall–Kier alpha value is -3.43. The van der Waals surface area contributed by atoms with Gasteiger partial charge in [0.15, 0.2) is 18.1 Å². The summed E-state index contributed by atoms with van der Waals surface area (Å²) in [7, 11) is 1.48. The first-order valence-corrected chi connectivity index (χ1v) is 6.81. The number of amides is 1. The lowest BCUT2D eigenvalue weighted by atomic mass is 10.2. The van der Waals surface area contributed by atoms with Gasteiger partial charge >= 0.3 is 0 Å². The molecule has 1 heterocycles. The fraction of sp³-hybridized carbons (Fsp3) is 0.214. The first-order chi connectivity index (χ1) is 11.5. The molecule has 1 aromatic heterocycles. The van der Waals surface area contributed by atoms with Gasteiger partial charge in [0, 0.05) is 0 Å². The summed E-state index contributed by atoms with van der Waals surface area (Å²) in [5.74, 6) is 0.319. The van der Waals surface area contributed by atoms with Crippen molar-refractivity contribution in [2.75, 3.05) is 19.1 Å². The molecule has 0 unspecified atom stereocenters. The Balaban J connectivity index is 2.10. The maximum absolute atomic E-state index is 11.4. The number of ether oxygens (including phenoxy) is 2. The van der Waals surface area contributed by atoms with E-state index >= 15 is 0 Å². The number of methoxy groups -OCH3 is 1. The second-order valence-corrected chi connectivity index (χ2v) is 4.62. The zero-order chi connectivity index (χ0) is 17.5. The molecule has 2 rings (SSSR count). The number of H-pyrrole nitrogens is 1. The van der Waals surface area contributed by atoms with Gasteiger partial charge in [-0.05, 0) is 30.7 Å². The molecule has 10 heteroatoms. The van der Waals surface area contributed by atoms with Crippen LogP contribution < -0.4 is 26.2 Å². The minimum absolute atomic E-state index is 0.112. The number of hydrogen-bond acceptors (Lipinski definition) is 8. The Morgan fingerprint density at radius 2 is 2.21 bits per heavy atom. The molecule has 1 amide bonds. The average molecular weight is 332 g/mol. The predicted octanol–water partition coefficient (Wildman–Crippen LogP) is -0.208. The van der Waals surface area contributed by atoms with Crippen molar-refractivity contribution in [1.82, 2.24) is 15.2 Å². The molecule has 1 aromatic carbocycles. The number of hydrazone groups is 1. The van der Waals surface area contributed by atoms with E-state index in [1.165, 1.54) is 13.3 Å². The van der Waals surface area contributed by atoms with Gasteiger partial charge < -0.3 is 15.2 Å². The van der Waals surface area contributed by atoms with Crippen LogP contribution in [-0.4, -0.2) is 41.0 Å². The number of benzene rings is 1. The fourth-order valence-corrected chi connectivity index (χ4v) is 1.65. The van der Waals surface area contributed by atoms with E-state index in [9.17, 15) is 9.59 Å². The van der Waals surface area contributed by atoms with Crippen molar-refractivity contribution >= 4 is 18.1 Å². The quantitative estimate of drug-likeness (QED) is 0.470. The van der Waals surface area contributed by atoms with E-state index in [4.69, 9.17) is 15.2 Å². The number of nitrogens with zero attached hydrogens (tertiary/aromatic N) is 3. The van der Waals surface area contributed by atoms with Crippen LogP contribution in [0.1, 0.15) is 11.3 Å². The van der Waals surface area contributed by atoms with E-state index in [1.54, 1.807) is 25.1 Å². The summed E-state index contributed by atoms with van der Waals surface area (Å²) in [6, 6.07) is 5.01. The smallest absolute Gasteiger partial charge is 0.274 e. The Labute approximate surface area is 136 Å². The number of nitrogens with two attached hydrogens (primary N) is 1. The molecule has 4 N–H and O–H groups in total. The molecule has 0 atom stereocenters. The van der Waals surface area contributed by atoms with Crippen molar-refractivity contribution in [2.24, 2.45) is 10.8 Å². The van der Waals surface area contributed by atoms with Crippen molar-refractivity contribution < 1.29 is 14.3 Å². The standard InChI is InChI=1S/C14H16N6O4/c1-8-13(22)17-14(20-18-8)19-16-6-9-3-4-10(23-2)11(5-9)24-7-12(15)21/h3-6H,7H2,1-2H3,(H2,15,21)(H2,17,19,20,22)/b16-6-. The van der Waals surface area contributed by atoms with E-state index in [2.05, 4.69) is 25.7 Å². The number of rotatable bonds is 7. The molecule has 0 radical (unpaired) electrons. The minimum Gasteiger partial charge on any atom is -0.493 e. The molecule has 0 fully saturated rings. The molecule has 126 valence electrons. The third-order valence-corrected chi connectivity index (χ3v) is 2.80. The number of nitrogens with one attached hydrogen (secondary N) is 2. The third kappa shape index (κ3) is 4.53. The van der Waals surface area contributed by atoms with Gasteiger partial charge in [-0.25, -0.2) is 5.43 Å². The van der Waals surface area contributed by atoms with Gasteiger partial charge in [-0.2, -0.15) is 5.10 Å². The summed E-state index contributed by atoms with van der Waals surface area (Å²) >= 11 is 0. The second kappa shape index (κ2) is 7.72. The minimum atomic E-state index is -0.598. The van der Waals surface area contributed by atoms with Crippen LogP contribution in [-0.2, 0) is 4.79 Å². The molecule has 0 bridgehead atoms. The molecule has 0 aliphatic carbocycles. The number of primary amides is 1. The van der Waals surface area contributed by atoms with Gasteiger partial charge in [-0.15, -0.1) is 10.2 Å². The van der Waals surface area contributed by atoms with Crippen LogP contribution in [0, 0.1) is 6.92 Å². The lowest BCUT2D eigenvalue weighted by Gasteiger charge is -2.09. The lowest BCUT2D eigenvalue weighted by Crippen LogP contribution is -2.20. The number of aryl methyl sites for hydroxylation is 1. The van der Waals surface area contributed by atoms with Crippen molar-refractivity contribution in [1.29, 1.82) is 0 Å². The maximum atomic E-state index is 11.4. The number of aromatic nitrogens is 3. The Kier molecular flexibility index (Phi) is 5.45. The van der Waals surface area contributed by atoms with Gasteiger partial charge in [0.25, 0.3) is 11.5 Å². The maximum Gasteiger partial charge on any atom is 0.274 e. The molecule has 0 saturated carbocycles. The van der Waals surface area contributed by atoms with Crippen LogP contribution in [0.2, 0.25) is 0 Å². The van der Waals surface area contributed by atoms with Crippen molar-refractivity contribution in [3.05, 3.63) is 39.8 Å². The van der Waals surface area contributed by atoms with E-state index in [0.717, 1.165) is 0 Å². The number of hydrogen-bond donors (Lipinski definition) is 3. The summed E-state index contributed by atoms with van der Waals surface area (Å²) in [6.45, 7) is 1.28. The van der Waals surface area contributed by atoms with Gasteiger partial charge in [-0.1, -0.05) is 0 Å². The Bertz CT molecular complexity index is 817. The summed E-state index contributed by atoms with van der Waals surface area (Å²) < 4.78 is 10.4. The SMILES string of the molecule is COc1ccc(/C=N\Nc2nnc(C)c(=O)[nH]2)cc1OCC(N)=O. The molecular weight excluding hydrogens is 316 g/mol. The first kappa shape index (κ1) is 16.9. The van der Waals surface area contributed by atoms with Crippen LogP contribution in [0.3, 0.4) is 0 Å². The summed E-state index contributed by atoms with van der Waals surface area (Å²) in [5, 5.41) is 11.3. The molecule has 10 nitrogen and oxygen atoms in total.